The van der Waals surface area contributed by atoms with Gasteiger partial charge in [0.05, 0.1) is 6.61 Å². The van der Waals surface area contributed by atoms with E-state index in [1.54, 1.807) is 25.2 Å². The van der Waals surface area contributed by atoms with Crippen LogP contribution in [0, 0.1) is 5.92 Å². The van der Waals surface area contributed by atoms with Gasteiger partial charge in [0, 0.05) is 45.1 Å². The maximum atomic E-state index is 12.6. The van der Waals surface area contributed by atoms with Crippen LogP contribution >= 0.6 is 0 Å². The molecule has 2 aliphatic rings. The third-order valence-corrected chi connectivity index (χ3v) is 4.78. The number of hydrogen-bond acceptors (Lipinski definition) is 3. The lowest BCUT2D eigenvalue weighted by Gasteiger charge is -2.24. The van der Waals surface area contributed by atoms with Gasteiger partial charge in [-0.15, -0.1) is 13.2 Å². The third-order valence-electron chi connectivity index (χ3n) is 4.78. The number of nitrogens with zero attached hydrogens (tertiary/aromatic N) is 2. The van der Waals surface area contributed by atoms with E-state index in [1.807, 2.05) is 11.9 Å². The van der Waals surface area contributed by atoms with Crippen LogP contribution in [-0.2, 0) is 4.74 Å². The second kappa shape index (κ2) is 7.73. The zero-order valence-electron chi connectivity index (χ0n) is 14.9. The first-order chi connectivity index (χ1) is 12.4. The van der Waals surface area contributed by atoms with Gasteiger partial charge in [-0.05, 0) is 24.5 Å². The molecule has 3 atom stereocenters. The van der Waals surface area contributed by atoms with E-state index in [2.05, 4.69) is 15.0 Å². The fourth-order valence-electron chi connectivity index (χ4n) is 3.42. The highest BCUT2D eigenvalue weighted by molar-refractivity contribution is 5.80. The lowest BCUT2D eigenvalue weighted by Crippen LogP contribution is -2.42. The first-order valence-corrected chi connectivity index (χ1v) is 8.74. The van der Waals surface area contributed by atoms with E-state index in [4.69, 9.17) is 4.74 Å². The van der Waals surface area contributed by atoms with Gasteiger partial charge in [0.15, 0.2) is 5.96 Å². The standard InChI is InChI=1S/C18H24F3N3O2/c1-22-17(24(2)10-12-7-8-25-11-12)23-15-9-14(15)13-5-3-4-6-16(13)26-18(19,20)21/h3-6,12,14-15H,7-11H2,1-2H3,(H,22,23). The molecule has 1 heterocycles. The lowest BCUT2D eigenvalue weighted by atomic mass is 10.1. The largest absolute Gasteiger partial charge is 0.573 e. The molecule has 144 valence electrons. The summed E-state index contributed by atoms with van der Waals surface area (Å²) in [7, 11) is 3.67. The van der Waals surface area contributed by atoms with Crippen LogP contribution < -0.4 is 10.1 Å². The van der Waals surface area contributed by atoms with Crippen LogP contribution in [0.2, 0.25) is 0 Å². The van der Waals surface area contributed by atoms with Crippen LogP contribution in [0.3, 0.4) is 0 Å². The molecule has 8 heteroatoms. The van der Waals surface area contributed by atoms with Gasteiger partial charge in [0.25, 0.3) is 0 Å². The minimum absolute atomic E-state index is 0.0199. The van der Waals surface area contributed by atoms with Crippen LogP contribution in [0.25, 0.3) is 0 Å². The number of guanidine groups is 1. The molecule has 1 N–H and O–H groups in total. The monoisotopic (exact) mass is 371 g/mol. The van der Waals surface area contributed by atoms with Crippen LogP contribution in [0.5, 0.6) is 5.75 Å². The van der Waals surface area contributed by atoms with E-state index >= 15 is 0 Å². The van der Waals surface area contributed by atoms with Crippen molar-refractivity contribution in [2.45, 2.75) is 31.2 Å². The number of nitrogens with one attached hydrogen (secondary N) is 1. The van der Waals surface area contributed by atoms with E-state index < -0.39 is 6.36 Å². The summed E-state index contributed by atoms with van der Waals surface area (Å²) < 4.78 is 47.3. The van der Waals surface area contributed by atoms with Crippen molar-refractivity contribution < 1.29 is 22.6 Å². The number of alkyl halides is 3. The minimum Gasteiger partial charge on any atom is -0.405 e. The summed E-state index contributed by atoms with van der Waals surface area (Å²) in [6.45, 7) is 2.39. The molecule has 3 unspecified atom stereocenters. The van der Waals surface area contributed by atoms with Crippen molar-refractivity contribution in [1.82, 2.24) is 10.2 Å². The quantitative estimate of drug-likeness (QED) is 0.639. The van der Waals surface area contributed by atoms with Gasteiger partial charge in [0.1, 0.15) is 5.75 Å². The Hall–Kier alpha value is -1.96. The van der Waals surface area contributed by atoms with Crippen LogP contribution in [0.4, 0.5) is 13.2 Å². The van der Waals surface area contributed by atoms with Crippen molar-refractivity contribution in [3.05, 3.63) is 29.8 Å². The number of halogens is 3. The molecule has 0 spiro atoms. The molecule has 1 saturated carbocycles. The summed E-state index contributed by atoms with van der Waals surface area (Å²) in [5.74, 6) is 1.09. The highest BCUT2D eigenvalue weighted by Crippen LogP contribution is 2.45. The molecule has 0 bridgehead atoms. The Kier molecular flexibility index (Phi) is 5.60. The van der Waals surface area contributed by atoms with E-state index in [0.29, 0.717) is 11.5 Å². The number of benzene rings is 1. The predicted octanol–water partition coefficient (Wildman–Crippen LogP) is 2.98. The molecule has 0 aromatic heterocycles. The smallest absolute Gasteiger partial charge is 0.405 e. The molecule has 1 aliphatic heterocycles. The molecule has 1 saturated heterocycles. The summed E-state index contributed by atoms with van der Waals surface area (Å²) in [6, 6.07) is 6.38. The topological polar surface area (TPSA) is 46.1 Å². The number of aliphatic imine (C=N–C) groups is 1. The average molecular weight is 371 g/mol. The predicted molar refractivity (Wildman–Crippen MR) is 92.3 cm³/mol. The van der Waals surface area contributed by atoms with Gasteiger partial charge in [-0.2, -0.15) is 0 Å². The lowest BCUT2D eigenvalue weighted by molar-refractivity contribution is -0.274. The van der Waals surface area contributed by atoms with Crippen molar-refractivity contribution in [2.24, 2.45) is 10.9 Å². The second-order valence-corrected chi connectivity index (χ2v) is 6.84. The minimum atomic E-state index is -4.69. The summed E-state index contributed by atoms with van der Waals surface area (Å²) in [5, 5.41) is 3.35. The number of ether oxygens (including phenoxy) is 2. The number of rotatable bonds is 5. The van der Waals surface area contributed by atoms with E-state index in [-0.39, 0.29) is 17.7 Å². The fourth-order valence-corrected chi connectivity index (χ4v) is 3.42. The number of hydrogen-bond donors (Lipinski definition) is 1. The van der Waals surface area contributed by atoms with Gasteiger partial charge in [-0.3, -0.25) is 4.99 Å². The fraction of sp³-hybridized carbons (Fsp3) is 0.611. The van der Waals surface area contributed by atoms with Crippen molar-refractivity contribution >= 4 is 5.96 Å². The first kappa shape index (κ1) is 18.8. The third kappa shape index (κ3) is 4.81. The normalized spacial score (nSPS) is 25.9. The van der Waals surface area contributed by atoms with Crippen molar-refractivity contribution in [3.63, 3.8) is 0 Å². The molecule has 1 aromatic carbocycles. The van der Waals surface area contributed by atoms with E-state index in [1.165, 1.54) is 6.07 Å². The zero-order valence-corrected chi connectivity index (χ0v) is 14.9. The van der Waals surface area contributed by atoms with Gasteiger partial charge < -0.3 is 19.7 Å². The summed E-state index contributed by atoms with van der Waals surface area (Å²) in [6.07, 6.45) is -2.90. The molecule has 0 radical (unpaired) electrons. The summed E-state index contributed by atoms with van der Waals surface area (Å²) in [5.41, 5.74) is 0.574. The molecule has 0 amide bonds. The molecule has 1 aliphatic carbocycles. The van der Waals surface area contributed by atoms with Crippen LogP contribution in [0.1, 0.15) is 24.3 Å². The Morgan fingerprint density at radius 3 is 2.81 bits per heavy atom. The van der Waals surface area contributed by atoms with Gasteiger partial charge in [0.2, 0.25) is 0 Å². The van der Waals surface area contributed by atoms with E-state index in [0.717, 1.165) is 38.6 Å². The van der Waals surface area contributed by atoms with Crippen molar-refractivity contribution in [3.8, 4) is 5.75 Å². The van der Waals surface area contributed by atoms with Crippen molar-refractivity contribution in [1.29, 1.82) is 0 Å². The van der Waals surface area contributed by atoms with Gasteiger partial charge in [-0.25, -0.2) is 0 Å². The molecular formula is C18H24F3N3O2. The van der Waals surface area contributed by atoms with Crippen LogP contribution in [0.15, 0.2) is 29.3 Å². The summed E-state index contributed by atoms with van der Waals surface area (Å²) in [4.78, 5) is 6.35. The SMILES string of the molecule is CN=C(NC1CC1c1ccccc1OC(F)(F)F)N(C)CC1CCOC1. The highest BCUT2D eigenvalue weighted by Gasteiger charge is 2.42. The molecule has 26 heavy (non-hydrogen) atoms. The molecule has 3 rings (SSSR count). The molecule has 2 fully saturated rings. The van der Waals surface area contributed by atoms with Gasteiger partial charge in [-0.1, -0.05) is 18.2 Å². The van der Waals surface area contributed by atoms with E-state index in [9.17, 15) is 13.2 Å². The highest BCUT2D eigenvalue weighted by atomic mass is 19.4. The Labute approximate surface area is 151 Å². The van der Waals surface area contributed by atoms with Crippen LogP contribution in [-0.4, -0.2) is 57.1 Å². The number of para-hydroxylation sites is 1. The first-order valence-electron chi connectivity index (χ1n) is 8.74. The molecular weight excluding hydrogens is 347 g/mol. The maximum Gasteiger partial charge on any atom is 0.573 e. The van der Waals surface area contributed by atoms with Crippen molar-refractivity contribution in [2.75, 3.05) is 33.9 Å². The Morgan fingerprint density at radius 2 is 2.15 bits per heavy atom. The summed E-state index contributed by atoms with van der Waals surface area (Å²) >= 11 is 0. The Balaban J connectivity index is 1.59. The molecule has 5 nitrogen and oxygen atoms in total. The Bertz CT molecular complexity index is 645. The molecule has 1 aromatic rings. The average Bonchev–Trinajstić information content (AvgIpc) is 3.15. The van der Waals surface area contributed by atoms with Gasteiger partial charge >= 0.3 is 6.36 Å². The second-order valence-electron chi connectivity index (χ2n) is 6.84. The zero-order chi connectivity index (χ0) is 18.7. The maximum absolute atomic E-state index is 12.6. The Morgan fingerprint density at radius 1 is 1.38 bits per heavy atom.